The molecule has 3 rings (SSSR count). The van der Waals surface area contributed by atoms with Crippen LogP contribution in [0.5, 0.6) is 0 Å². The highest BCUT2D eigenvalue weighted by atomic mass is 127. The van der Waals surface area contributed by atoms with E-state index < -0.39 is 0 Å². The molecule has 1 heterocycles. The van der Waals surface area contributed by atoms with E-state index in [-0.39, 0.29) is 24.0 Å². The Kier molecular flexibility index (Phi) is 9.21. The van der Waals surface area contributed by atoms with Crippen LogP contribution in [0.2, 0.25) is 0 Å². The number of guanidine groups is 1. The normalized spacial score (nSPS) is 15.3. The number of nitrogens with zero attached hydrogens (tertiary/aromatic N) is 2. The monoisotopic (exact) mass is 494 g/mol. The van der Waals surface area contributed by atoms with Gasteiger partial charge in [-0.1, -0.05) is 50.2 Å². The minimum atomic E-state index is 0. The Balaban J connectivity index is 0.00000280. The largest absolute Gasteiger partial charge is 0.379 e. The third kappa shape index (κ3) is 7.07. The van der Waals surface area contributed by atoms with Gasteiger partial charge in [0.25, 0.3) is 0 Å². The fourth-order valence-corrected chi connectivity index (χ4v) is 3.11. The maximum atomic E-state index is 6.05. The second-order valence-corrected chi connectivity index (χ2v) is 7.31. The van der Waals surface area contributed by atoms with Crippen LogP contribution >= 0.6 is 24.0 Å². The van der Waals surface area contributed by atoms with E-state index in [1.165, 1.54) is 11.1 Å². The van der Waals surface area contributed by atoms with E-state index in [9.17, 15) is 0 Å². The molecule has 1 aliphatic heterocycles. The highest BCUT2D eigenvalue weighted by Gasteiger charge is 2.10. The van der Waals surface area contributed by atoms with Crippen LogP contribution in [0.15, 0.2) is 53.5 Å². The fraction of sp³-hybridized carbons (Fsp3) is 0.409. The zero-order valence-corrected chi connectivity index (χ0v) is 19.1. The van der Waals surface area contributed by atoms with Gasteiger partial charge in [0.05, 0.1) is 19.8 Å². The number of rotatable bonds is 6. The number of nitrogens with two attached hydrogens (primary N) is 1. The van der Waals surface area contributed by atoms with E-state index in [4.69, 9.17) is 10.5 Å². The molecule has 1 fully saturated rings. The molecule has 0 amide bonds. The number of benzene rings is 2. The molecule has 5 nitrogen and oxygen atoms in total. The van der Waals surface area contributed by atoms with Gasteiger partial charge >= 0.3 is 0 Å². The summed E-state index contributed by atoms with van der Waals surface area (Å²) >= 11 is 0. The molecule has 0 unspecified atom stereocenters. The molecule has 152 valence electrons. The summed E-state index contributed by atoms with van der Waals surface area (Å²) in [5.74, 6) is 0.925. The number of halogens is 1. The van der Waals surface area contributed by atoms with Gasteiger partial charge in [0.2, 0.25) is 0 Å². The molecule has 1 saturated heterocycles. The maximum absolute atomic E-state index is 6.05. The lowest BCUT2D eigenvalue weighted by atomic mass is 10.0. The molecule has 0 saturated carbocycles. The van der Waals surface area contributed by atoms with Gasteiger partial charge in [-0.3, -0.25) is 4.90 Å². The first-order valence-corrected chi connectivity index (χ1v) is 9.65. The van der Waals surface area contributed by atoms with Crippen LogP contribution in [0.1, 0.15) is 36.5 Å². The van der Waals surface area contributed by atoms with Crippen molar-refractivity contribution in [2.24, 2.45) is 10.7 Å². The Morgan fingerprint density at radius 1 is 1.11 bits per heavy atom. The Morgan fingerprint density at radius 2 is 1.79 bits per heavy atom. The van der Waals surface area contributed by atoms with Crippen LogP contribution in [-0.2, 0) is 17.8 Å². The number of anilines is 1. The van der Waals surface area contributed by atoms with Crippen molar-refractivity contribution < 1.29 is 4.74 Å². The summed E-state index contributed by atoms with van der Waals surface area (Å²) < 4.78 is 5.40. The van der Waals surface area contributed by atoms with Crippen LogP contribution in [0.25, 0.3) is 0 Å². The lowest BCUT2D eigenvalue weighted by molar-refractivity contribution is 0.0342. The van der Waals surface area contributed by atoms with E-state index in [0.717, 1.165) is 44.1 Å². The summed E-state index contributed by atoms with van der Waals surface area (Å²) in [6.45, 7) is 9.58. The summed E-state index contributed by atoms with van der Waals surface area (Å²) in [4.78, 5) is 6.89. The van der Waals surface area contributed by atoms with Gasteiger partial charge in [0, 0.05) is 25.3 Å². The highest BCUT2D eigenvalue weighted by molar-refractivity contribution is 14.0. The molecular weight excluding hydrogens is 463 g/mol. The summed E-state index contributed by atoms with van der Waals surface area (Å²) in [6.07, 6.45) is 0. The predicted octanol–water partition coefficient (Wildman–Crippen LogP) is 4.19. The van der Waals surface area contributed by atoms with Crippen molar-refractivity contribution >= 4 is 35.6 Å². The van der Waals surface area contributed by atoms with Crippen molar-refractivity contribution in [3.63, 3.8) is 0 Å². The Morgan fingerprint density at radius 3 is 2.46 bits per heavy atom. The van der Waals surface area contributed by atoms with Crippen molar-refractivity contribution in [2.75, 3.05) is 31.6 Å². The van der Waals surface area contributed by atoms with Crippen molar-refractivity contribution in [2.45, 2.75) is 32.9 Å². The highest BCUT2D eigenvalue weighted by Crippen LogP contribution is 2.18. The van der Waals surface area contributed by atoms with Crippen molar-refractivity contribution in [1.29, 1.82) is 0 Å². The van der Waals surface area contributed by atoms with E-state index in [2.05, 4.69) is 65.5 Å². The average molecular weight is 494 g/mol. The van der Waals surface area contributed by atoms with Gasteiger partial charge in [-0.25, -0.2) is 4.99 Å². The van der Waals surface area contributed by atoms with Crippen LogP contribution in [0, 0.1) is 0 Å². The second-order valence-electron chi connectivity index (χ2n) is 7.31. The second kappa shape index (κ2) is 11.4. The van der Waals surface area contributed by atoms with Gasteiger partial charge in [-0.2, -0.15) is 0 Å². The van der Waals surface area contributed by atoms with Crippen LogP contribution in [-0.4, -0.2) is 37.2 Å². The van der Waals surface area contributed by atoms with Gasteiger partial charge in [-0.05, 0) is 34.7 Å². The zero-order valence-electron chi connectivity index (χ0n) is 16.7. The first-order chi connectivity index (χ1) is 13.1. The van der Waals surface area contributed by atoms with Crippen molar-refractivity contribution in [3.8, 4) is 0 Å². The number of ether oxygens (including phenoxy) is 1. The lowest BCUT2D eigenvalue weighted by Gasteiger charge is -2.26. The molecule has 28 heavy (non-hydrogen) atoms. The maximum Gasteiger partial charge on any atom is 0.193 e. The minimum Gasteiger partial charge on any atom is -0.379 e. The number of nitrogens with one attached hydrogen (secondary N) is 1. The third-order valence-electron chi connectivity index (χ3n) is 4.79. The SMILES string of the molecule is CC(C)c1cccc(NC(N)=NCc2ccc(CN3CCOCC3)cc2)c1.I. The summed E-state index contributed by atoms with van der Waals surface area (Å²) in [5.41, 5.74) is 10.8. The molecule has 2 aromatic carbocycles. The van der Waals surface area contributed by atoms with E-state index in [1.54, 1.807) is 0 Å². The Bertz CT molecular complexity index is 755. The number of hydrogen-bond donors (Lipinski definition) is 2. The van der Waals surface area contributed by atoms with E-state index >= 15 is 0 Å². The molecule has 2 aromatic rings. The van der Waals surface area contributed by atoms with Crippen LogP contribution < -0.4 is 11.1 Å². The van der Waals surface area contributed by atoms with Gasteiger partial charge in [0.1, 0.15) is 0 Å². The number of aliphatic imine (C=N–C) groups is 1. The summed E-state index contributed by atoms with van der Waals surface area (Å²) in [7, 11) is 0. The molecule has 1 aliphatic rings. The third-order valence-corrected chi connectivity index (χ3v) is 4.79. The first-order valence-electron chi connectivity index (χ1n) is 9.65. The van der Waals surface area contributed by atoms with Gasteiger partial charge in [0.15, 0.2) is 5.96 Å². The van der Waals surface area contributed by atoms with Gasteiger partial charge < -0.3 is 15.8 Å². The minimum absolute atomic E-state index is 0. The Labute approximate surface area is 185 Å². The summed E-state index contributed by atoms with van der Waals surface area (Å²) in [6, 6.07) is 16.9. The molecule has 0 atom stereocenters. The summed E-state index contributed by atoms with van der Waals surface area (Å²) in [5, 5.41) is 3.18. The first kappa shape index (κ1) is 22.6. The van der Waals surface area contributed by atoms with Crippen molar-refractivity contribution in [3.05, 3.63) is 65.2 Å². The molecular formula is C22H31IN4O. The predicted molar refractivity (Wildman–Crippen MR) is 127 cm³/mol. The molecule has 6 heteroatoms. The quantitative estimate of drug-likeness (QED) is 0.359. The lowest BCUT2D eigenvalue weighted by Crippen LogP contribution is -2.35. The molecule has 0 aliphatic carbocycles. The fourth-order valence-electron chi connectivity index (χ4n) is 3.11. The van der Waals surface area contributed by atoms with Crippen LogP contribution in [0.4, 0.5) is 5.69 Å². The molecule has 0 bridgehead atoms. The van der Waals surface area contributed by atoms with Gasteiger partial charge in [-0.15, -0.1) is 24.0 Å². The van der Waals surface area contributed by atoms with E-state index in [1.807, 2.05) is 12.1 Å². The van der Waals surface area contributed by atoms with Crippen LogP contribution in [0.3, 0.4) is 0 Å². The number of morpholine rings is 1. The average Bonchev–Trinajstić information content (AvgIpc) is 2.68. The molecule has 0 aromatic heterocycles. The topological polar surface area (TPSA) is 62.9 Å². The standard InChI is InChI=1S/C22H30N4O.HI/c1-17(2)20-4-3-5-21(14-20)25-22(23)24-15-18-6-8-19(9-7-18)16-26-10-12-27-13-11-26;/h3-9,14,17H,10-13,15-16H2,1-2H3,(H3,23,24,25);1H. The molecule has 0 spiro atoms. The smallest absolute Gasteiger partial charge is 0.193 e. The zero-order chi connectivity index (χ0) is 19.1. The molecule has 3 N–H and O–H groups in total. The van der Waals surface area contributed by atoms with E-state index in [0.29, 0.717) is 18.4 Å². The van der Waals surface area contributed by atoms with Crippen molar-refractivity contribution in [1.82, 2.24) is 4.90 Å². The molecule has 0 radical (unpaired) electrons. The Hall–Kier alpha value is -1.64. The number of hydrogen-bond acceptors (Lipinski definition) is 3.